The van der Waals surface area contributed by atoms with Gasteiger partial charge >= 0.3 is 0 Å². The van der Waals surface area contributed by atoms with Crippen molar-refractivity contribution in [2.24, 2.45) is 0 Å². The Bertz CT molecular complexity index is 577. The zero-order valence-electron chi connectivity index (χ0n) is 11.9. The monoisotopic (exact) mass is 297 g/mol. The number of nitrogens with zero attached hydrogens (tertiary/aromatic N) is 3. The summed E-state index contributed by atoms with van der Waals surface area (Å²) >= 11 is 5.95. The number of hydrogen-bond acceptors (Lipinski definition) is 3. The number of fused-ring (bicyclic) bond motifs is 1. The molecule has 4 nitrogen and oxygen atoms in total. The number of aryl methyl sites for hydroxylation is 1. The van der Waals surface area contributed by atoms with Gasteiger partial charge in [-0.25, -0.2) is 9.67 Å². The first-order chi connectivity index (χ1) is 8.87. The maximum atomic E-state index is 5.95. The van der Waals surface area contributed by atoms with Crippen molar-refractivity contribution >= 4 is 30.7 Å². The van der Waals surface area contributed by atoms with Gasteiger partial charge in [0.15, 0.2) is 5.65 Å². The van der Waals surface area contributed by atoms with Crippen LogP contribution in [-0.2, 0) is 11.5 Å². The molecule has 0 aliphatic rings. The molecule has 104 valence electrons. The van der Waals surface area contributed by atoms with Gasteiger partial charge in [0.05, 0.1) is 10.7 Å². The molecular formula is C13H20ClN3OSi. The molecule has 0 saturated carbocycles. The Morgan fingerprint density at radius 1 is 1.37 bits per heavy atom. The van der Waals surface area contributed by atoms with Crippen LogP contribution in [-0.4, -0.2) is 29.4 Å². The molecule has 0 spiro atoms. The highest BCUT2D eigenvalue weighted by molar-refractivity contribution is 6.76. The Morgan fingerprint density at radius 2 is 2.11 bits per heavy atom. The van der Waals surface area contributed by atoms with Crippen molar-refractivity contribution in [2.75, 3.05) is 6.61 Å². The van der Waals surface area contributed by atoms with E-state index in [-0.39, 0.29) is 0 Å². The molecular weight excluding hydrogens is 278 g/mol. The van der Waals surface area contributed by atoms with E-state index in [0.717, 1.165) is 29.4 Å². The van der Waals surface area contributed by atoms with Gasteiger partial charge < -0.3 is 4.74 Å². The van der Waals surface area contributed by atoms with Crippen molar-refractivity contribution in [3.63, 3.8) is 0 Å². The first-order valence-electron chi connectivity index (χ1n) is 6.43. The molecule has 0 saturated heterocycles. The molecule has 2 aromatic rings. The minimum atomic E-state index is -1.04. The Kier molecular flexibility index (Phi) is 4.28. The maximum Gasteiger partial charge on any atom is 0.160 e. The largest absolute Gasteiger partial charge is 0.359 e. The number of aromatic nitrogens is 3. The van der Waals surface area contributed by atoms with Crippen LogP contribution in [0.2, 0.25) is 30.7 Å². The molecule has 0 aliphatic carbocycles. The molecule has 0 aromatic carbocycles. The van der Waals surface area contributed by atoms with Crippen molar-refractivity contribution in [3.8, 4) is 0 Å². The molecule has 0 radical (unpaired) electrons. The third-order valence-corrected chi connectivity index (χ3v) is 4.86. The van der Waals surface area contributed by atoms with Crippen LogP contribution >= 0.6 is 11.6 Å². The number of pyridine rings is 1. The van der Waals surface area contributed by atoms with Crippen LogP contribution in [0.5, 0.6) is 0 Å². The fourth-order valence-electron chi connectivity index (χ4n) is 1.81. The van der Waals surface area contributed by atoms with Crippen LogP contribution in [0.25, 0.3) is 11.0 Å². The normalized spacial score (nSPS) is 12.3. The summed E-state index contributed by atoms with van der Waals surface area (Å²) in [7, 11) is -1.04. The van der Waals surface area contributed by atoms with E-state index in [9.17, 15) is 0 Å². The Labute approximate surface area is 119 Å². The van der Waals surface area contributed by atoms with Gasteiger partial charge in [0.25, 0.3) is 0 Å². The maximum absolute atomic E-state index is 5.95. The lowest BCUT2D eigenvalue weighted by Gasteiger charge is -2.15. The molecule has 0 unspecified atom stereocenters. The Hall–Kier alpha value is -0.913. The first-order valence-corrected chi connectivity index (χ1v) is 10.5. The van der Waals surface area contributed by atoms with Crippen LogP contribution in [0, 0.1) is 6.92 Å². The quantitative estimate of drug-likeness (QED) is 0.624. The van der Waals surface area contributed by atoms with Crippen molar-refractivity contribution in [3.05, 3.63) is 23.0 Å². The van der Waals surface area contributed by atoms with E-state index < -0.39 is 8.07 Å². The summed E-state index contributed by atoms with van der Waals surface area (Å²) in [6.07, 6.45) is 1.64. The fraction of sp³-hybridized carbons (Fsp3) is 0.538. The molecule has 2 heterocycles. The minimum Gasteiger partial charge on any atom is -0.359 e. The van der Waals surface area contributed by atoms with Gasteiger partial charge in [0.1, 0.15) is 6.73 Å². The van der Waals surface area contributed by atoms with Crippen molar-refractivity contribution in [1.82, 2.24) is 14.8 Å². The summed E-state index contributed by atoms with van der Waals surface area (Å²) in [4.78, 5) is 4.33. The second-order valence-electron chi connectivity index (χ2n) is 5.96. The smallest absolute Gasteiger partial charge is 0.160 e. The van der Waals surface area contributed by atoms with Gasteiger partial charge in [-0.2, -0.15) is 5.10 Å². The number of halogens is 1. The molecule has 0 atom stereocenters. The standard InChI is InChI=1S/C13H20ClN3OSi/c1-10-12-7-11(14)8-15-13(12)17(16-10)9-18-5-6-19(2,3)4/h7-8H,5-6,9H2,1-4H3. The van der Waals surface area contributed by atoms with Crippen LogP contribution in [0.1, 0.15) is 5.69 Å². The van der Waals surface area contributed by atoms with Gasteiger partial charge in [-0.15, -0.1) is 0 Å². The van der Waals surface area contributed by atoms with E-state index in [2.05, 4.69) is 29.7 Å². The van der Waals surface area contributed by atoms with Gasteiger partial charge in [0, 0.05) is 26.3 Å². The zero-order valence-corrected chi connectivity index (χ0v) is 13.7. The highest BCUT2D eigenvalue weighted by atomic mass is 35.5. The predicted octanol–water partition coefficient (Wildman–Crippen LogP) is 3.71. The van der Waals surface area contributed by atoms with E-state index >= 15 is 0 Å². The average molecular weight is 298 g/mol. The van der Waals surface area contributed by atoms with Gasteiger partial charge in [-0.1, -0.05) is 31.2 Å². The van der Waals surface area contributed by atoms with Gasteiger partial charge in [-0.3, -0.25) is 0 Å². The number of hydrogen-bond donors (Lipinski definition) is 0. The van der Waals surface area contributed by atoms with Crippen LogP contribution in [0.4, 0.5) is 0 Å². The van der Waals surface area contributed by atoms with Crippen LogP contribution in [0.15, 0.2) is 12.3 Å². The lowest BCUT2D eigenvalue weighted by Crippen LogP contribution is -2.22. The van der Waals surface area contributed by atoms with E-state index in [1.807, 2.05) is 13.0 Å². The molecule has 0 amide bonds. The molecule has 0 aliphatic heterocycles. The first kappa shape index (κ1) is 14.5. The molecule has 2 aromatic heterocycles. The van der Waals surface area contributed by atoms with Crippen molar-refractivity contribution in [1.29, 1.82) is 0 Å². The number of ether oxygens (including phenoxy) is 1. The van der Waals surface area contributed by atoms with E-state index in [4.69, 9.17) is 16.3 Å². The summed E-state index contributed by atoms with van der Waals surface area (Å²) < 4.78 is 7.51. The molecule has 0 fully saturated rings. The topological polar surface area (TPSA) is 39.9 Å². The van der Waals surface area contributed by atoms with Crippen molar-refractivity contribution < 1.29 is 4.74 Å². The average Bonchev–Trinajstić information content (AvgIpc) is 2.60. The molecule has 6 heteroatoms. The minimum absolute atomic E-state index is 0.448. The summed E-state index contributed by atoms with van der Waals surface area (Å²) in [5.41, 5.74) is 1.76. The predicted molar refractivity (Wildman–Crippen MR) is 81.4 cm³/mol. The Morgan fingerprint density at radius 3 is 2.79 bits per heavy atom. The van der Waals surface area contributed by atoms with E-state index in [1.165, 1.54) is 0 Å². The van der Waals surface area contributed by atoms with Crippen molar-refractivity contribution in [2.45, 2.75) is 39.3 Å². The summed E-state index contributed by atoms with van der Waals surface area (Å²) in [5, 5.41) is 6.07. The fourth-order valence-corrected chi connectivity index (χ4v) is 2.72. The zero-order chi connectivity index (χ0) is 14.0. The van der Waals surface area contributed by atoms with E-state index in [1.54, 1.807) is 10.9 Å². The molecule has 2 rings (SSSR count). The highest BCUT2D eigenvalue weighted by Gasteiger charge is 2.13. The second kappa shape index (κ2) is 5.61. The second-order valence-corrected chi connectivity index (χ2v) is 12.0. The summed E-state index contributed by atoms with van der Waals surface area (Å²) in [5.74, 6) is 0. The van der Waals surface area contributed by atoms with Gasteiger partial charge in [0.2, 0.25) is 0 Å². The lowest BCUT2D eigenvalue weighted by atomic mass is 10.3. The molecule has 0 bridgehead atoms. The third-order valence-electron chi connectivity index (χ3n) is 2.95. The Balaban J connectivity index is 2.05. The highest BCUT2D eigenvalue weighted by Crippen LogP contribution is 2.20. The number of rotatable bonds is 5. The molecule has 19 heavy (non-hydrogen) atoms. The third kappa shape index (κ3) is 3.78. The molecule has 0 N–H and O–H groups in total. The summed E-state index contributed by atoms with van der Waals surface area (Å²) in [6.45, 7) is 10.2. The lowest BCUT2D eigenvalue weighted by molar-refractivity contribution is 0.0811. The van der Waals surface area contributed by atoms with Crippen LogP contribution in [0.3, 0.4) is 0 Å². The van der Waals surface area contributed by atoms with Crippen LogP contribution < -0.4 is 0 Å². The van der Waals surface area contributed by atoms with Gasteiger partial charge in [-0.05, 0) is 19.0 Å². The summed E-state index contributed by atoms with van der Waals surface area (Å²) in [6, 6.07) is 3.05. The SMILES string of the molecule is Cc1nn(COCC[Si](C)(C)C)c2ncc(Cl)cc12. The van der Waals surface area contributed by atoms with E-state index in [0.29, 0.717) is 11.8 Å².